The summed E-state index contributed by atoms with van der Waals surface area (Å²) in [5, 5.41) is 11.8. The third-order valence-corrected chi connectivity index (χ3v) is 3.21. The fourth-order valence-electron chi connectivity index (χ4n) is 1.73. The molecule has 0 saturated heterocycles. The molecule has 0 aliphatic carbocycles. The van der Waals surface area contributed by atoms with Gasteiger partial charge in [0.05, 0.1) is 17.7 Å². The Bertz CT molecular complexity index is 675. The number of carbonyl (C=O) groups is 1. The largest absolute Gasteiger partial charge is 0.399 e. The van der Waals surface area contributed by atoms with Crippen LogP contribution in [0.15, 0.2) is 46.9 Å². The van der Waals surface area contributed by atoms with Crippen LogP contribution in [0.25, 0.3) is 0 Å². The van der Waals surface area contributed by atoms with E-state index in [0.29, 0.717) is 16.9 Å². The number of benzene rings is 2. The van der Waals surface area contributed by atoms with Crippen LogP contribution in [0, 0.1) is 11.3 Å². The maximum Gasteiger partial charge on any atom is 0.228 e. The highest BCUT2D eigenvalue weighted by atomic mass is 79.9. The van der Waals surface area contributed by atoms with Crippen LogP contribution in [0.2, 0.25) is 0 Å². The number of anilines is 2. The average Bonchev–Trinajstić information content (AvgIpc) is 2.43. The van der Waals surface area contributed by atoms with E-state index in [-0.39, 0.29) is 12.3 Å². The van der Waals surface area contributed by atoms with Crippen molar-refractivity contribution in [3.8, 4) is 6.07 Å². The van der Waals surface area contributed by atoms with E-state index in [9.17, 15) is 4.79 Å². The molecular weight excluding hydrogens is 318 g/mol. The van der Waals surface area contributed by atoms with Crippen LogP contribution in [0.3, 0.4) is 0 Å². The van der Waals surface area contributed by atoms with E-state index in [1.807, 2.05) is 12.1 Å². The van der Waals surface area contributed by atoms with Gasteiger partial charge in [0.2, 0.25) is 5.91 Å². The molecule has 0 saturated carbocycles. The molecule has 0 bridgehead atoms. The lowest BCUT2D eigenvalue weighted by atomic mass is 10.1. The lowest BCUT2D eigenvalue weighted by molar-refractivity contribution is -0.115. The van der Waals surface area contributed by atoms with Crippen LogP contribution in [0.4, 0.5) is 11.4 Å². The second-order valence-electron chi connectivity index (χ2n) is 4.27. The van der Waals surface area contributed by atoms with Crippen LogP contribution < -0.4 is 11.1 Å². The number of nitrogens with one attached hydrogen (secondary N) is 1. The first-order valence-electron chi connectivity index (χ1n) is 5.92. The summed E-state index contributed by atoms with van der Waals surface area (Å²) in [5.41, 5.74) is 8.05. The van der Waals surface area contributed by atoms with Gasteiger partial charge < -0.3 is 11.1 Å². The molecular formula is C15H12BrN3O. The Labute approximate surface area is 125 Å². The summed E-state index contributed by atoms with van der Waals surface area (Å²) < 4.78 is 0.797. The van der Waals surface area contributed by atoms with Gasteiger partial charge in [-0.25, -0.2) is 0 Å². The van der Waals surface area contributed by atoms with E-state index >= 15 is 0 Å². The Morgan fingerprint density at radius 3 is 2.60 bits per heavy atom. The highest BCUT2D eigenvalue weighted by molar-refractivity contribution is 9.10. The van der Waals surface area contributed by atoms with Crippen LogP contribution >= 0.6 is 15.9 Å². The normalized spacial score (nSPS) is 9.80. The minimum Gasteiger partial charge on any atom is -0.399 e. The van der Waals surface area contributed by atoms with E-state index in [1.165, 1.54) is 0 Å². The van der Waals surface area contributed by atoms with Crippen LogP contribution in [0.1, 0.15) is 11.1 Å². The van der Waals surface area contributed by atoms with Crippen molar-refractivity contribution in [2.24, 2.45) is 0 Å². The van der Waals surface area contributed by atoms with E-state index < -0.39 is 0 Å². The first kappa shape index (κ1) is 14.1. The molecule has 0 atom stereocenters. The summed E-state index contributed by atoms with van der Waals surface area (Å²) in [6.45, 7) is 0. The third-order valence-electron chi connectivity index (χ3n) is 2.72. The van der Waals surface area contributed by atoms with Crippen molar-refractivity contribution < 1.29 is 4.79 Å². The fourth-order valence-corrected chi connectivity index (χ4v) is 2.09. The van der Waals surface area contributed by atoms with E-state index in [1.54, 1.807) is 30.3 Å². The molecule has 20 heavy (non-hydrogen) atoms. The minimum absolute atomic E-state index is 0.173. The van der Waals surface area contributed by atoms with Gasteiger partial charge in [-0.3, -0.25) is 4.79 Å². The van der Waals surface area contributed by atoms with Crippen molar-refractivity contribution in [3.63, 3.8) is 0 Å². The summed E-state index contributed by atoms with van der Waals surface area (Å²) in [4.78, 5) is 12.0. The lowest BCUT2D eigenvalue weighted by Crippen LogP contribution is -2.15. The molecule has 4 nitrogen and oxygen atoms in total. The molecule has 2 aromatic carbocycles. The Hall–Kier alpha value is -2.32. The zero-order chi connectivity index (χ0) is 14.5. The number of hydrogen-bond acceptors (Lipinski definition) is 3. The first-order valence-corrected chi connectivity index (χ1v) is 6.71. The summed E-state index contributed by atoms with van der Waals surface area (Å²) in [7, 11) is 0. The van der Waals surface area contributed by atoms with Gasteiger partial charge in [-0.2, -0.15) is 5.26 Å². The Morgan fingerprint density at radius 1 is 1.25 bits per heavy atom. The van der Waals surface area contributed by atoms with E-state index in [4.69, 9.17) is 11.0 Å². The first-order chi connectivity index (χ1) is 9.58. The molecule has 0 heterocycles. The summed E-state index contributed by atoms with van der Waals surface area (Å²) in [6, 6.07) is 14.3. The molecule has 100 valence electrons. The summed E-state index contributed by atoms with van der Waals surface area (Å²) >= 11 is 3.29. The lowest BCUT2D eigenvalue weighted by Gasteiger charge is -2.07. The molecule has 0 aromatic heterocycles. The number of hydrogen-bond donors (Lipinski definition) is 2. The maximum atomic E-state index is 12.0. The molecule has 0 aliphatic heterocycles. The SMILES string of the molecule is N#Cc1cc(Br)ccc1NC(=O)Cc1ccc(N)cc1. The zero-order valence-corrected chi connectivity index (χ0v) is 12.1. The average molecular weight is 330 g/mol. The van der Waals surface area contributed by atoms with Gasteiger partial charge >= 0.3 is 0 Å². The van der Waals surface area contributed by atoms with Gasteiger partial charge in [-0.1, -0.05) is 28.1 Å². The molecule has 0 radical (unpaired) electrons. The van der Waals surface area contributed by atoms with Gasteiger partial charge in [0.1, 0.15) is 6.07 Å². The van der Waals surface area contributed by atoms with Gasteiger partial charge in [0.15, 0.2) is 0 Å². The van der Waals surface area contributed by atoms with Crippen molar-refractivity contribution in [1.29, 1.82) is 5.26 Å². The smallest absolute Gasteiger partial charge is 0.228 e. The molecule has 2 aromatic rings. The molecule has 0 unspecified atom stereocenters. The number of nitrogens with two attached hydrogens (primary N) is 1. The van der Waals surface area contributed by atoms with Gasteiger partial charge in [-0.05, 0) is 35.9 Å². The van der Waals surface area contributed by atoms with Crippen LogP contribution in [-0.4, -0.2) is 5.91 Å². The van der Waals surface area contributed by atoms with Crippen molar-refractivity contribution in [1.82, 2.24) is 0 Å². The monoisotopic (exact) mass is 329 g/mol. The summed E-state index contributed by atoms with van der Waals surface area (Å²) in [5.74, 6) is -0.173. The van der Waals surface area contributed by atoms with Crippen molar-refractivity contribution in [3.05, 3.63) is 58.1 Å². The zero-order valence-electron chi connectivity index (χ0n) is 10.6. The predicted molar refractivity (Wildman–Crippen MR) is 82.0 cm³/mol. The number of carbonyl (C=O) groups excluding carboxylic acids is 1. The quantitative estimate of drug-likeness (QED) is 0.849. The van der Waals surface area contributed by atoms with Crippen molar-refractivity contribution in [2.45, 2.75) is 6.42 Å². The number of nitrogens with zero attached hydrogens (tertiary/aromatic N) is 1. The van der Waals surface area contributed by atoms with Crippen LogP contribution in [0.5, 0.6) is 0 Å². The Morgan fingerprint density at radius 2 is 1.95 bits per heavy atom. The molecule has 0 spiro atoms. The fraction of sp³-hybridized carbons (Fsp3) is 0.0667. The number of nitriles is 1. The van der Waals surface area contributed by atoms with E-state index in [0.717, 1.165) is 10.0 Å². The Balaban J connectivity index is 2.09. The second kappa shape index (κ2) is 6.22. The molecule has 0 fully saturated rings. The predicted octanol–water partition coefficient (Wildman–Crippen LogP) is 3.08. The topological polar surface area (TPSA) is 78.9 Å². The standard InChI is InChI=1S/C15H12BrN3O/c16-12-3-6-14(11(8-12)9-17)19-15(20)7-10-1-4-13(18)5-2-10/h1-6,8H,7,18H2,(H,19,20). The van der Waals surface area contributed by atoms with Gasteiger partial charge in [0.25, 0.3) is 0 Å². The number of amides is 1. The number of nitrogen functional groups attached to an aromatic ring is 1. The molecule has 2 rings (SSSR count). The Kier molecular flexibility index (Phi) is 4.38. The minimum atomic E-state index is -0.173. The van der Waals surface area contributed by atoms with E-state index in [2.05, 4.69) is 27.3 Å². The van der Waals surface area contributed by atoms with Crippen molar-refractivity contribution in [2.75, 3.05) is 11.1 Å². The number of halogens is 1. The van der Waals surface area contributed by atoms with Crippen LogP contribution in [-0.2, 0) is 11.2 Å². The molecule has 3 N–H and O–H groups in total. The molecule has 1 amide bonds. The highest BCUT2D eigenvalue weighted by Gasteiger charge is 2.08. The van der Waals surface area contributed by atoms with Gasteiger partial charge in [-0.15, -0.1) is 0 Å². The second-order valence-corrected chi connectivity index (χ2v) is 5.18. The highest BCUT2D eigenvalue weighted by Crippen LogP contribution is 2.20. The summed E-state index contributed by atoms with van der Waals surface area (Å²) in [6.07, 6.45) is 0.237. The number of rotatable bonds is 3. The van der Waals surface area contributed by atoms with Gasteiger partial charge in [0, 0.05) is 10.2 Å². The third kappa shape index (κ3) is 3.59. The molecule has 0 aliphatic rings. The molecule has 5 heteroatoms. The van der Waals surface area contributed by atoms with Crippen molar-refractivity contribution >= 4 is 33.2 Å². The maximum absolute atomic E-state index is 12.0.